The second kappa shape index (κ2) is 5.55. The number of aliphatic carboxylic acids is 1. The van der Waals surface area contributed by atoms with Gasteiger partial charge >= 0.3 is 12.0 Å². The lowest BCUT2D eigenvalue weighted by atomic mass is 10.2. The first-order chi connectivity index (χ1) is 7.59. The summed E-state index contributed by atoms with van der Waals surface area (Å²) in [6.07, 6.45) is 1.91. The van der Waals surface area contributed by atoms with Crippen LogP contribution in [0.5, 0.6) is 0 Å². The summed E-state index contributed by atoms with van der Waals surface area (Å²) in [7, 11) is 0. The molecule has 0 aromatic heterocycles. The summed E-state index contributed by atoms with van der Waals surface area (Å²) in [4.78, 5) is 21.4. The van der Waals surface area contributed by atoms with Crippen LogP contribution in [0.3, 0.4) is 0 Å². The van der Waals surface area contributed by atoms with Crippen molar-refractivity contribution in [1.82, 2.24) is 5.32 Å². The highest BCUT2D eigenvalue weighted by atomic mass is 16.4. The van der Waals surface area contributed by atoms with Gasteiger partial charge in [-0.1, -0.05) is 18.2 Å². The van der Waals surface area contributed by atoms with Crippen LogP contribution in [0.4, 0.5) is 10.5 Å². The third kappa shape index (κ3) is 3.83. The van der Waals surface area contributed by atoms with Crippen LogP contribution in [0.25, 0.3) is 0 Å². The molecular formula is C11H12N2O3. The number of carbonyl (C=O) groups excluding carboxylic acids is 1. The third-order valence-corrected chi connectivity index (χ3v) is 1.83. The van der Waals surface area contributed by atoms with Crippen molar-refractivity contribution in [3.05, 3.63) is 42.1 Å². The Morgan fingerprint density at radius 2 is 2.00 bits per heavy atom. The van der Waals surface area contributed by atoms with Crippen molar-refractivity contribution in [2.45, 2.75) is 6.92 Å². The SMILES string of the molecule is Cc1ccccc1NC(=O)N/C=C/C(=O)O. The lowest BCUT2D eigenvalue weighted by molar-refractivity contribution is -0.131. The number of carboxylic acid groups (broad SMARTS) is 1. The number of hydrogen-bond acceptors (Lipinski definition) is 2. The van der Waals surface area contributed by atoms with Gasteiger partial charge in [0.05, 0.1) is 0 Å². The lowest BCUT2D eigenvalue weighted by Crippen LogP contribution is -2.24. The summed E-state index contributed by atoms with van der Waals surface area (Å²) >= 11 is 0. The zero-order valence-electron chi connectivity index (χ0n) is 8.73. The van der Waals surface area contributed by atoms with Gasteiger partial charge in [-0.2, -0.15) is 0 Å². The van der Waals surface area contributed by atoms with E-state index >= 15 is 0 Å². The minimum absolute atomic E-state index is 0.480. The molecule has 2 amide bonds. The number of urea groups is 1. The number of anilines is 1. The molecule has 0 fully saturated rings. The number of nitrogens with one attached hydrogen (secondary N) is 2. The molecule has 0 aliphatic heterocycles. The van der Waals surface area contributed by atoms with E-state index in [1.165, 1.54) is 0 Å². The highest BCUT2D eigenvalue weighted by Crippen LogP contribution is 2.12. The molecule has 1 aromatic rings. The van der Waals surface area contributed by atoms with Gasteiger partial charge in [0.1, 0.15) is 0 Å². The molecule has 0 spiro atoms. The Bertz CT molecular complexity index is 427. The average molecular weight is 220 g/mol. The Hall–Kier alpha value is -2.30. The fourth-order valence-corrected chi connectivity index (χ4v) is 1.06. The van der Waals surface area contributed by atoms with Gasteiger partial charge in [0.2, 0.25) is 0 Å². The molecule has 0 saturated heterocycles. The van der Waals surface area contributed by atoms with Gasteiger partial charge in [-0.25, -0.2) is 9.59 Å². The topological polar surface area (TPSA) is 78.4 Å². The van der Waals surface area contributed by atoms with E-state index in [2.05, 4.69) is 10.6 Å². The number of hydrogen-bond donors (Lipinski definition) is 3. The molecule has 3 N–H and O–H groups in total. The summed E-state index contributed by atoms with van der Waals surface area (Å²) in [6.45, 7) is 1.86. The summed E-state index contributed by atoms with van der Waals surface area (Å²) < 4.78 is 0. The maximum absolute atomic E-state index is 11.3. The van der Waals surface area contributed by atoms with E-state index in [0.717, 1.165) is 17.8 Å². The van der Waals surface area contributed by atoms with Crippen molar-refractivity contribution >= 4 is 17.7 Å². The fourth-order valence-electron chi connectivity index (χ4n) is 1.06. The van der Waals surface area contributed by atoms with E-state index in [1.807, 2.05) is 19.1 Å². The first-order valence-corrected chi connectivity index (χ1v) is 4.62. The molecule has 84 valence electrons. The molecule has 5 nitrogen and oxygen atoms in total. The Morgan fingerprint density at radius 1 is 1.31 bits per heavy atom. The average Bonchev–Trinajstić information content (AvgIpc) is 2.21. The standard InChI is InChI=1S/C11H12N2O3/c1-8-4-2-3-5-9(8)13-11(16)12-7-6-10(14)15/h2-7H,1H3,(H,14,15)(H2,12,13,16)/b7-6+. The van der Waals surface area contributed by atoms with Gasteiger partial charge in [-0.15, -0.1) is 0 Å². The van der Waals surface area contributed by atoms with Crippen molar-refractivity contribution in [3.8, 4) is 0 Å². The minimum Gasteiger partial charge on any atom is -0.478 e. The molecule has 0 bridgehead atoms. The number of aryl methyl sites for hydroxylation is 1. The van der Waals surface area contributed by atoms with Gasteiger partial charge in [0.25, 0.3) is 0 Å². The molecule has 0 radical (unpaired) electrons. The number of para-hydroxylation sites is 1. The minimum atomic E-state index is -1.11. The van der Waals surface area contributed by atoms with Crippen molar-refractivity contribution in [1.29, 1.82) is 0 Å². The zero-order valence-corrected chi connectivity index (χ0v) is 8.73. The largest absolute Gasteiger partial charge is 0.478 e. The van der Waals surface area contributed by atoms with Gasteiger partial charge in [-0.3, -0.25) is 0 Å². The summed E-state index contributed by atoms with van der Waals surface area (Å²) in [5, 5.41) is 13.2. The van der Waals surface area contributed by atoms with E-state index in [1.54, 1.807) is 12.1 Å². The summed E-state index contributed by atoms with van der Waals surface area (Å²) in [6, 6.07) is 6.81. The van der Waals surface area contributed by atoms with E-state index in [9.17, 15) is 9.59 Å². The normalized spacial score (nSPS) is 10.1. The number of benzene rings is 1. The van der Waals surface area contributed by atoms with Gasteiger partial charge in [0, 0.05) is 18.0 Å². The molecular weight excluding hydrogens is 208 g/mol. The van der Waals surface area contributed by atoms with Gasteiger partial charge in [-0.05, 0) is 18.6 Å². The van der Waals surface area contributed by atoms with Crippen LogP contribution in [-0.2, 0) is 4.79 Å². The number of carbonyl (C=O) groups is 2. The quantitative estimate of drug-likeness (QED) is 0.678. The number of carboxylic acids is 1. The van der Waals surface area contributed by atoms with Crippen LogP contribution < -0.4 is 10.6 Å². The van der Waals surface area contributed by atoms with Crippen LogP contribution in [-0.4, -0.2) is 17.1 Å². The maximum Gasteiger partial charge on any atom is 0.329 e. The second-order valence-electron chi connectivity index (χ2n) is 3.08. The number of amides is 2. The smallest absolute Gasteiger partial charge is 0.329 e. The molecule has 1 aromatic carbocycles. The van der Waals surface area contributed by atoms with Crippen LogP contribution in [0.1, 0.15) is 5.56 Å². The molecule has 0 atom stereocenters. The van der Waals surface area contributed by atoms with E-state index in [-0.39, 0.29) is 0 Å². The molecule has 1 rings (SSSR count). The predicted octanol–water partition coefficient (Wildman–Crippen LogP) is 1.71. The van der Waals surface area contributed by atoms with E-state index in [0.29, 0.717) is 5.69 Å². The second-order valence-corrected chi connectivity index (χ2v) is 3.08. The van der Waals surface area contributed by atoms with Crippen LogP contribution in [0, 0.1) is 6.92 Å². The first-order valence-electron chi connectivity index (χ1n) is 4.62. The molecule has 0 aliphatic carbocycles. The highest BCUT2D eigenvalue weighted by Gasteiger charge is 2.01. The Morgan fingerprint density at radius 3 is 2.62 bits per heavy atom. The molecule has 0 aliphatic rings. The van der Waals surface area contributed by atoms with E-state index < -0.39 is 12.0 Å². The maximum atomic E-state index is 11.3. The van der Waals surface area contributed by atoms with Crippen molar-refractivity contribution in [2.24, 2.45) is 0 Å². The van der Waals surface area contributed by atoms with Crippen LogP contribution in [0.2, 0.25) is 0 Å². The predicted molar refractivity (Wildman–Crippen MR) is 60.1 cm³/mol. The molecule has 0 saturated carbocycles. The zero-order chi connectivity index (χ0) is 12.0. The number of rotatable bonds is 3. The monoisotopic (exact) mass is 220 g/mol. The van der Waals surface area contributed by atoms with Gasteiger partial charge < -0.3 is 15.7 Å². The summed E-state index contributed by atoms with van der Waals surface area (Å²) in [5.74, 6) is -1.11. The highest BCUT2D eigenvalue weighted by molar-refractivity contribution is 5.91. The molecule has 5 heteroatoms. The summed E-state index contributed by atoms with van der Waals surface area (Å²) in [5.41, 5.74) is 1.61. The first kappa shape index (κ1) is 11.8. The van der Waals surface area contributed by atoms with Crippen LogP contribution >= 0.6 is 0 Å². The van der Waals surface area contributed by atoms with Crippen molar-refractivity contribution in [3.63, 3.8) is 0 Å². The molecule has 0 heterocycles. The Labute approximate surface area is 92.8 Å². The molecule has 16 heavy (non-hydrogen) atoms. The van der Waals surface area contributed by atoms with Gasteiger partial charge in [0.15, 0.2) is 0 Å². The van der Waals surface area contributed by atoms with Crippen molar-refractivity contribution < 1.29 is 14.7 Å². The molecule has 0 unspecified atom stereocenters. The van der Waals surface area contributed by atoms with Crippen LogP contribution in [0.15, 0.2) is 36.5 Å². The lowest BCUT2D eigenvalue weighted by Gasteiger charge is -2.06. The van der Waals surface area contributed by atoms with E-state index in [4.69, 9.17) is 5.11 Å². The van der Waals surface area contributed by atoms with Crippen molar-refractivity contribution in [2.75, 3.05) is 5.32 Å². The third-order valence-electron chi connectivity index (χ3n) is 1.83. The Kier molecular flexibility index (Phi) is 4.08. The Balaban J connectivity index is 2.52. The fraction of sp³-hybridized carbons (Fsp3) is 0.0909.